The van der Waals surface area contributed by atoms with Crippen LogP contribution in [-0.4, -0.2) is 41.0 Å². The molecule has 0 amide bonds. The van der Waals surface area contributed by atoms with Gasteiger partial charge in [-0.1, -0.05) is 0 Å². The quantitative estimate of drug-likeness (QED) is 0.568. The van der Waals surface area contributed by atoms with Gasteiger partial charge < -0.3 is 15.6 Å². The van der Waals surface area contributed by atoms with Crippen molar-refractivity contribution in [3.8, 4) is 0 Å². The first kappa shape index (κ1) is 7.86. The summed E-state index contributed by atoms with van der Waals surface area (Å²) < 4.78 is 4.98. The Morgan fingerprint density at radius 3 is 2.55 bits per heavy atom. The summed E-state index contributed by atoms with van der Waals surface area (Å²) in [6.45, 7) is 0.841. The van der Waals surface area contributed by atoms with Gasteiger partial charge in [-0.2, -0.15) is 11.8 Å². The van der Waals surface area contributed by atoms with Gasteiger partial charge in [-0.3, -0.25) is 0 Å². The van der Waals surface area contributed by atoms with E-state index in [1.165, 1.54) is 0 Å². The summed E-state index contributed by atoms with van der Waals surface area (Å²) in [5.74, 6) is 1.94. The number of ether oxygens (including phenoxy) is 1. The molecule has 2 rings (SSSR count). The van der Waals surface area contributed by atoms with E-state index in [1.807, 2.05) is 11.8 Å². The minimum absolute atomic E-state index is 0.379. The lowest BCUT2D eigenvalue weighted by Gasteiger charge is -2.47. The van der Waals surface area contributed by atoms with Crippen LogP contribution in [0.4, 0.5) is 0 Å². The Labute approximate surface area is 70.3 Å². The predicted molar refractivity (Wildman–Crippen MR) is 44.6 cm³/mol. The fourth-order valence-corrected chi connectivity index (χ4v) is 2.96. The molecule has 2 aliphatic rings. The fraction of sp³-hybridized carbons (Fsp3) is 1.00. The molecule has 0 aliphatic carbocycles. The molecule has 4 heteroatoms. The molecule has 0 aromatic rings. The first-order valence-electron chi connectivity index (χ1n) is 3.83. The maximum absolute atomic E-state index is 9.91. The molecule has 2 fully saturated rings. The van der Waals surface area contributed by atoms with Gasteiger partial charge in [0.05, 0.1) is 18.8 Å². The molecule has 0 aromatic carbocycles. The van der Waals surface area contributed by atoms with Crippen LogP contribution in [0.1, 0.15) is 6.42 Å². The van der Waals surface area contributed by atoms with Gasteiger partial charge in [-0.15, -0.1) is 0 Å². The summed E-state index contributed by atoms with van der Waals surface area (Å²) in [6, 6.07) is 0. The number of hydrogen-bond acceptors (Lipinski definition) is 4. The summed E-state index contributed by atoms with van der Waals surface area (Å²) in [6.07, 6.45) is 0.914. The van der Waals surface area contributed by atoms with E-state index in [1.54, 1.807) is 0 Å². The lowest BCUT2D eigenvalue weighted by molar-refractivity contribution is -0.209. The van der Waals surface area contributed by atoms with E-state index in [9.17, 15) is 5.11 Å². The van der Waals surface area contributed by atoms with E-state index in [4.69, 9.17) is 10.5 Å². The molecule has 1 unspecified atom stereocenters. The Morgan fingerprint density at radius 2 is 2.18 bits per heavy atom. The molecular formula is C7H13NO2S. The van der Waals surface area contributed by atoms with Gasteiger partial charge in [0, 0.05) is 5.75 Å². The van der Waals surface area contributed by atoms with Crippen LogP contribution in [0, 0.1) is 0 Å². The molecule has 2 heterocycles. The zero-order valence-corrected chi connectivity index (χ0v) is 7.19. The van der Waals surface area contributed by atoms with Gasteiger partial charge in [-0.25, -0.2) is 0 Å². The van der Waals surface area contributed by atoms with Crippen molar-refractivity contribution in [3.63, 3.8) is 0 Å². The van der Waals surface area contributed by atoms with Gasteiger partial charge >= 0.3 is 0 Å². The van der Waals surface area contributed by atoms with E-state index in [-0.39, 0.29) is 5.54 Å². The van der Waals surface area contributed by atoms with Gasteiger partial charge in [0.15, 0.2) is 0 Å². The topological polar surface area (TPSA) is 55.5 Å². The zero-order chi connectivity index (χ0) is 7.95. The minimum Gasteiger partial charge on any atom is -0.383 e. The average Bonchev–Trinajstić information content (AvgIpc) is 2.32. The maximum Gasteiger partial charge on any atom is 0.130 e. The number of hydrogen-bond donors (Lipinski definition) is 2. The average molecular weight is 175 g/mol. The van der Waals surface area contributed by atoms with Crippen molar-refractivity contribution < 1.29 is 9.84 Å². The number of thioether (sulfide) groups is 1. The summed E-state index contributed by atoms with van der Waals surface area (Å²) in [5, 5.41) is 9.91. The van der Waals surface area contributed by atoms with Crippen LogP contribution in [0.15, 0.2) is 0 Å². The normalized spacial score (nSPS) is 42.0. The molecule has 0 radical (unpaired) electrons. The highest BCUT2D eigenvalue weighted by molar-refractivity contribution is 7.99. The summed E-state index contributed by atoms with van der Waals surface area (Å²) in [4.78, 5) is 0. The Bertz CT molecular complexity index is 164. The predicted octanol–water partition coefficient (Wildman–Crippen LogP) is -0.418. The highest BCUT2D eigenvalue weighted by Gasteiger charge is 2.54. The molecule has 2 aliphatic heterocycles. The van der Waals surface area contributed by atoms with Crippen LogP contribution >= 0.6 is 11.8 Å². The van der Waals surface area contributed by atoms with Crippen LogP contribution in [0.5, 0.6) is 0 Å². The minimum atomic E-state index is -0.726. The van der Waals surface area contributed by atoms with E-state index in [0.29, 0.717) is 13.2 Å². The van der Waals surface area contributed by atoms with E-state index in [2.05, 4.69) is 0 Å². The van der Waals surface area contributed by atoms with Gasteiger partial charge in [0.1, 0.15) is 5.60 Å². The lowest BCUT2D eigenvalue weighted by atomic mass is 9.78. The SMILES string of the molecule is NC1(C2(O)COC2)CCSC1. The van der Waals surface area contributed by atoms with Gasteiger partial charge in [0.25, 0.3) is 0 Å². The second-order valence-electron chi connectivity index (χ2n) is 3.48. The molecule has 0 bridgehead atoms. The summed E-state index contributed by atoms with van der Waals surface area (Å²) >= 11 is 1.82. The second-order valence-corrected chi connectivity index (χ2v) is 4.59. The van der Waals surface area contributed by atoms with E-state index < -0.39 is 5.60 Å². The Kier molecular flexibility index (Phi) is 1.68. The maximum atomic E-state index is 9.91. The van der Waals surface area contributed by atoms with Crippen molar-refractivity contribution in [2.24, 2.45) is 5.73 Å². The third-order valence-electron chi connectivity index (χ3n) is 2.66. The summed E-state index contributed by atoms with van der Waals surface area (Å²) in [7, 11) is 0. The first-order chi connectivity index (χ1) is 5.16. The van der Waals surface area contributed by atoms with Crippen LogP contribution in [0.3, 0.4) is 0 Å². The zero-order valence-electron chi connectivity index (χ0n) is 6.38. The molecule has 0 saturated carbocycles. The smallest absolute Gasteiger partial charge is 0.130 e. The van der Waals surface area contributed by atoms with Gasteiger partial charge in [0.2, 0.25) is 0 Å². The van der Waals surface area contributed by atoms with E-state index >= 15 is 0 Å². The van der Waals surface area contributed by atoms with Crippen molar-refractivity contribution >= 4 is 11.8 Å². The van der Waals surface area contributed by atoms with E-state index in [0.717, 1.165) is 17.9 Å². The molecule has 2 saturated heterocycles. The van der Waals surface area contributed by atoms with Crippen LogP contribution < -0.4 is 5.73 Å². The monoisotopic (exact) mass is 175 g/mol. The van der Waals surface area contributed by atoms with Crippen molar-refractivity contribution in [1.29, 1.82) is 0 Å². The largest absolute Gasteiger partial charge is 0.383 e. The molecule has 3 N–H and O–H groups in total. The molecule has 0 aromatic heterocycles. The van der Waals surface area contributed by atoms with Crippen molar-refractivity contribution in [2.45, 2.75) is 17.6 Å². The third kappa shape index (κ3) is 1.01. The molecule has 11 heavy (non-hydrogen) atoms. The standard InChI is InChI=1S/C7H13NO2S/c8-6(1-2-11-5-6)7(9)3-10-4-7/h9H,1-5,8H2. The summed E-state index contributed by atoms with van der Waals surface area (Å²) in [5.41, 5.74) is 4.94. The first-order valence-corrected chi connectivity index (χ1v) is 4.99. The van der Waals surface area contributed by atoms with Crippen molar-refractivity contribution in [3.05, 3.63) is 0 Å². The second kappa shape index (κ2) is 2.36. The highest BCUT2D eigenvalue weighted by Crippen LogP contribution is 2.38. The Hall–Kier alpha value is 0.230. The number of nitrogens with two attached hydrogens (primary N) is 1. The van der Waals surface area contributed by atoms with Crippen LogP contribution in [0.2, 0.25) is 0 Å². The molecule has 64 valence electrons. The fourth-order valence-electron chi connectivity index (χ4n) is 1.53. The van der Waals surface area contributed by atoms with Crippen LogP contribution in [-0.2, 0) is 4.74 Å². The highest BCUT2D eigenvalue weighted by atomic mass is 32.2. The van der Waals surface area contributed by atoms with Crippen molar-refractivity contribution in [1.82, 2.24) is 0 Å². The Morgan fingerprint density at radius 1 is 1.45 bits per heavy atom. The molecule has 0 spiro atoms. The molecule has 3 nitrogen and oxygen atoms in total. The molecule has 1 atom stereocenters. The van der Waals surface area contributed by atoms with Crippen molar-refractivity contribution in [2.75, 3.05) is 24.7 Å². The Balaban J connectivity index is 2.11. The lowest BCUT2D eigenvalue weighted by Crippen LogP contribution is -2.70. The van der Waals surface area contributed by atoms with Gasteiger partial charge in [-0.05, 0) is 12.2 Å². The van der Waals surface area contributed by atoms with Crippen LogP contribution in [0.25, 0.3) is 0 Å². The number of rotatable bonds is 1. The third-order valence-corrected chi connectivity index (χ3v) is 3.87. The number of aliphatic hydroxyl groups is 1. The molecular weight excluding hydrogens is 162 g/mol.